The largest absolute Gasteiger partial charge is 0.237 e. The van der Waals surface area contributed by atoms with Gasteiger partial charge in [-0.15, -0.1) is 0 Å². The van der Waals surface area contributed by atoms with Gasteiger partial charge in [0.15, 0.2) is 16.7 Å². The molecule has 3 rings (SSSR count). The van der Waals surface area contributed by atoms with Crippen LogP contribution < -0.4 is 5.43 Å². The predicted octanol–water partition coefficient (Wildman–Crippen LogP) is 2.98. The van der Waals surface area contributed by atoms with Gasteiger partial charge in [0.1, 0.15) is 11.6 Å². The predicted molar refractivity (Wildman–Crippen MR) is 88.5 cm³/mol. The second-order valence-electron chi connectivity index (χ2n) is 4.73. The molecule has 0 fully saturated rings. The Hall–Kier alpha value is -1.62. The van der Waals surface area contributed by atoms with Crippen molar-refractivity contribution in [3.8, 4) is 6.07 Å². The summed E-state index contributed by atoms with van der Waals surface area (Å²) >= 11 is 4.94. The van der Waals surface area contributed by atoms with Crippen LogP contribution in [0, 0.1) is 11.3 Å². The zero-order valence-corrected chi connectivity index (χ0v) is 13.9. The second-order valence-corrected chi connectivity index (χ2v) is 6.42. The highest BCUT2D eigenvalue weighted by Gasteiger charge is 2.40. The highest BCUT2D eigenvalue weighted by molar-refractivity contribution is 9.10. The minimum absolute atomic E-state index is 0.459. The normalized spacial score (nSPS) is 23.9. The lowest BCUT2D eigenvalue weighted by atomic mass is 10.0. The van der Waals surface area contributed by atoms with Crippen LogP contribution in [-0.2, 0) is 5.66 Å². The molecule has 0 aliphatic carbocycles. The van der Waals surface area contributed by atoms with Crippen LogP contribution in [-0.4, -0.2) is 22.3 Å². The summed E-state index contributed by atoms with van der Waals surface area (Å²) in [5.74, 6) is 0.613. The van der Waals surface area contributed by atoms with Crippen LogP contribution >= 0.6 is 27.7 Å². The van der Waals surface area contributed by atoms with Crippen molar-refractivity contribution in [3.05, 3.63) is 46.1 Å². The first-order valence-electron chi connectivity index (χ1n) is 6.23. The number of nitriles is 1. The number of rotatable bonds is 1. The molecule has 0 bridgehead atoms. The molecule has 2 heterocycles. The van der Waals surface area contributed by atoms with E-state index in [0.29, 0.717) is 11.4 Å². The molecule has 21 heavy (non-hydrogen) atoms. The molecule has 0 saturated heterocycles. The van der Waals surface area contributed by atoms with Crippen LogP contribution in [0.5, 0.6) is 0 Å². The van der Waals surface area contributed by atoms with Crippen molar-refractivity contribution < 1.29 is 0 Å². The Kier molecular flexibility index (Phi) is 3.61. The average Bonchev–Trinajstić information content (AvgIpc) is 2.85. The molecule has 7 heteroatoms. The van der Waals surface area contributed by atoms with Gasteiger partial charge in [0.25, 0.3) is 0 Å². The maximum absolute atomic E-state index is 9.24. The van der Waals surface area contributed by atoms with Crippen LogP contribution in [0.4, 0.5) is 0 Å². The van der Waals surface area contributed by atoms with E-state index in [0.717, 1.165) is 15.2 Å². The smallest absolute Gasteiger partial charge is 0.184 e. The lowest BCUT2D eigenvalue weighted by Crippen LogP contribution is -2.48. The number of nitrogens with one attached hydrogen (secondary N) is 1. The molecule has 106 valence electrons. The molecule has 2 aliphatic heterocycles. The van der Waals surface area contributed by atoms with Crippen molar-refractivity contribution in [3.63, 3.8) is 0 Å². The molecule has 1 atom stereocenters. The number of hydrogen-bond acceptors (Lipinski definition) is 6. The van der Waals surface area contributed by atoms with Gasteiger partial charge in [-0.2, -0.15) is 10.7 Å². The van der Waals surface area contributed by atoms with Crippen molar-refractivity contribution in [2.45, 2.75) is 12.6 Å². The van der Waals surface area contributed by atoms with Gasteiger partial charge >= 0.3 is 0 Å². The summed E-state index contributed by atoms with van der Waals surface area (Å²) in [7, 11) is 0. The first-order valence-corrected chi connectivity index (χ1v) is 8.25. The number of thioether (sulfide) groups is 1. The van der Waals surface area contributed by atoms with Crippen molar-refractivity contribution >= 4 is 38.7 Å². The summed E-state index contributed by atoms with van der Waals surface area (Å²) in [6.07, 6.45) is 3.51. The Bertz CT molecular complexity index is 716. The third-order valence-electron chi connectivity index (χ3n) is 3.32. The molecule has 0 unspecified atom stereocenters. The zero-order chi connectivity index (χ0) is 15.0. The molecule has 5 nitrogen and oxygen atoms in total. The van der Waals surface area contributed by atoms with E-state index in [-0.39, 0.29) is 0 Å². The van der Waals surface area contributed by atoms with Crippen molar-refractivity contribution in [2.75, 3.05) is 6.26 Å². The number of nitrogens with zero attached hydrogens (tertiary/aromatic N) is 4. The molecule has 0 aromatic heterocycles. The number of hydrazine groups is 1. The fourth-order valence-electron chi connectivity index (χ4n) is 2.24. The second kappa shape index (κ2) is 5.30. The van der Waals surface area contributed by atoms with E-state index >= 15 is 0 Å². The molecule has 0 saturated carbocycles. The topological polar surface area (TPSA) is 63.8 Å². The Morgan fingerprint density at radius 2 is 2.10 bits per heavy atom. The summed E-state index contributed by atoms with van der Waals surface area (Å²) in [5, 5.41) is 11.8. The lowest BCUT2D eigenvalue weighted by molar-refractivity contribution is 0.311. The molecule has 0 amide bonds. The summed E-state index contributed by atoms with van der Waals surface area (Å²) < 4.78 is 1.02. The fraction of sp³-hybridized carbons (Fsp3) is 0.214. The molecular formula is C14H12BrN5S. The standard InChI is InChI=1S/C14H12BrN5S/c1-14(10-3-5-11(15)6-4-10)18-12-9(7-16)8-17-13(21-2)20(12)19-14/h3-6,8,19H,1-2H3/t14-/m1/s1. The lowest BCUT2D eigenvalue weighted by Gasteiger charge is -2.27. The van der Waals surface area contributed by atoms with Crippen LogP contribution in [0.2, 0.25) is 0 Å². The van der Waals surface area contributed by atoms with E-state index in [1.165, 1.54) is 11.8 Å². The van der Waals surface area contributed by atoms with Crippen LogP contribution in [0.1, 0.15) is 12.5 Å². The third kappa shape index (κ3) is 2.39. The van der Waals surface area contributed by atoms with Crippen LogP contribution in [0.3, 0.4) is 0 Å². The summed E-state index contributed by atoms with van der Waals surface area (Å²) in [4.78, 5) is 9.01. The molecule has 0 radical (unpaired) electrons. The number of halogens is 1. The van der Waals surface area contributed by atoms with Gasteiger partial charge in [0.05, 0.1) is 6.20 Å². The van der Waals surface area contributed by atoms with Gasteiger partial charge in [-0.3, -0.25) is 0 Å². The number of hydrogen-bond donors (Lipinski definition) is 1. The van der Waals surface area contributed by atoms with E-state index in [4.69, 9.17) is 4.99 Å². The Morgan fingerprint density at radius 3 is 2.71 bits per heavy atom. The van der Waals surface area contributed by atoms with Gasteiger partial charge < -0.3 is 0 Å². The average molecular weight is 362 g/mol. The van der Waals surface area contributed by atoms with E-state index < -0.39 is 5.66 Å². The van der Waals surface area contributed by atoms with Crippen molar-refractivity contribution in [2.24, 2.45) is 9.98 Å². The Balaban J connectivity index is 2.05. The van der Waals surface area contributed by atoms with E-state index in [1.54, 1.807) is 11.2 Å². The molecule has 0 spiro atoms. The molecule has 1 aromatic carbocycles. The van der Waals surface area contributed by atoms with Gasteiger partial charge in [0, 0.05) is 4.47 Å². The molecular weight excluding hydrogens is 350 g/mol. The van der Waals surface area contributed by atoms with E-state index in [2.05, 4.69) is 32.4 Å². The summed E-state index contributed by atoms with van der Waals surface area (Å²) in [5.41, 5.74) is 4.20. The fourth-order valence-corrected chi connectivity index (χ4v) is 2.98. The molecule has 1 aromatic rings. The number of aliphatic imine (C=N–C) groups is 2. The van der Waals surface area contributed by atoms with Gasteiger partial charge in [-0.1, -0.05) is 39.8 Å². The number of amidine groups is 2. The first kappa shape index (κ1) is 14.3. The molecule has 2 aliphatic rings. The quantitative estimate of drug-likeness (QED) is 0.834. The van der Waals surface area contributed by atoms with E-state index in [1.807, 2.05) is 37.4 Å². The number of fused-ring (bicyclic) bond motifs is 1. The maximum Gasteiger partial charge on any atom is 0.184 e. The van der Waals surface area contributed by atoms with Crippen molar-refractivity contribution in [1.29, 1.82) is 5.26 Å². The molecule has 1 N–H and O–H groups in total. The highest BCUT2D eigenvalue weighted by Crippen LogP contribution is 2.32. The monoisotopic (exact) mass is 361 g/mol. The first-order chi connectivity index (χ1) is 10.1. The maximum atomic E-state index is 9.24. The van der Waals surface area contributed by atoms with Crippen molar-refractivity contribution in [1.82, 2.24) is 10.4 Å². The Morgan fingerprint density at radius 1 is 1.38 bits per heavy atom. The summed E-state index contributed by atoms with van der Waals surface area (Å²) in [6, 6.07) is 10.1. The van der Waals surface area contributed by atoms with Crippen LogP contribution in [0.15, 0.2) is 50.5 Å². The van der Waals surface area contributed by atoms with Gasteiger partial charge in [0.2, 0.25) is 0 Å². The minimum Gasteiger partial charge on any atom is -0.237 e. The Labute approximate surface area is 135 Å². The summed E-state index contributed by atoms with van der Waals surface area (Å²) in [6.45, 7) is 1.98. The van der Waals surface area contributed by atoms with Crippen LogP contribution in [0.25, 0.3) is 0 Å². The minimum atomic E-state index is -0.618. The highest BCUT2D eigenvalue weighted by atomic mass is 79.9. The van der Waals surface area contributed by atoms with Gasteiger partial charge in [-0.05, 0) is 30.9 Å². The van der Waals surface area contributed by atoms with E-state index in [9.17, 15) is 5.26 Å². The zero-order valence-electron chi connectivity index (χ0n) is 11.5. The van der Waals surface area contributed by atoms with Gasteiger partial charge in [-0.25, -0.2) is 15.0 Å². The SMILES string of the molecule is CSC1=NC=C(C#N)C2=N[C@@](C)(c3ccc(Br)cc3)NN12. The number of benzene rings is 1. The third-order valence-corrected chi connectivity index (χ3v) is 4.50.